The van der Waals surface area contributed by atoms with E-state index in [-0.39, 0.29) is 12.2 Å². The Morgan fingerprint density at radius 3 is 2.90 bits per heavy atom. The van der Waals surface area contributed by atoms with E-state index >= 15 is 0 Å². The zero-order chi connectivity index (χ0) is 15.0. The van der Waals surface area contributed by atoms with E-state index in [1.54, 1.807) is 4.68 Å². The van der Waals surface area contributed by atoms with Crippen LogP contribution in [0.15, 0.2) is 24.3 Å². The van der Waals surface area contributed by atoms with Crippen molar-refractivity contribution in [2.24, 2.45) is 7.05 Å². The number of para-hydroxylation sites is 1. The van der Waals surface area contributed by atoms with Gasteiger partial charge in [0.05, 0.1) is 28.3 Å². The summed E-state index contributed by atoms with van der Waals surface area (Å²) in [5.41, 5.74) is 1.76. The molecule has 0 aliphatic carbocycles. The third-order valence-electron chi connectivity index (χ3n) is 4.29. The average Bonchev–Trinajstić information content (AvgIpc) is 2.75. The number of aromatic nitrogens is 2. The van der Waals surface area contributed by atoms with Crippen molar-refractivity contribution in [1.82, 2.24) is 9.78 Å². The van der Waals surface area contributed by atoms with E-state index < -0.39 is 21.2 Å². The molecule has 1 aliphatic rings. The van der Waals surface area contributed by atoms with Crippen LogP contribution >= 0.6 is 0 Å². The molecule has 0 radical (unpaired) electrons. The maximum Gasteiger partial charge on any atom is 0.155 e. The van der Waals surface area contributed by atoms with E-state index in [0.717, 1.165) is 23.0 Å². The fourth-order valence-corrected chi connectivity index (χ4v) is 5.19. The number of benzene rings is 1. The van der Waals surface area contributed by atoms with Crippen LogP contribution in [0.2, 0.25) is 0 Å². The van der Waals surface area contributed by atoms with Crippen LogP contribution in [-0.2, 0) is 23.3 Å². The van der Waals surface area contributed by atoms with Crippen LogP contribution in [0, 0.1) is 0 Å². The Morgan fingerprint density at radius 1 is 1.38 bits per heavy atom. The molecule has 2 atom stereocenters. The first-order valence-electron chi connectivity index (χ1n) is 7.29. The maximum atomic E-state index is 12.1. The maximum absolute atomic E-state index is 12.1. The fraction of sp³-hybridized carbons (Fsp3) is 0.533. The molecule has 0 bridgehead atoms. The number of sulfone groups is 1. The Hall–Kier alpha value is -1.40. The third-order valence-corrected chi connectivity index (χ3v) is 6.62. The molecule has 1 aromatic carbocycles. The van der Waals surface area contributed by atoms with E-state index in [4.69, 9.17) is 0 Å². The SMILES string of the molecule is Cn1nc(CC(O)C2CCCCS2(=O)=O)c2ccccc21. The number of nitrogens with zero attached hydrogens (tertiary/aromatic N) is 2. The summed E-state index contributed by atoms with van der Waals surface area (Å²) in [4.78, 5) is 0. The molecule has 6 heteroatoms. The number of fused-ring (bicyclic) bond motifs is 1. The van der Waals surface area contributed by atoms with Crippen LogP contribution in [-0.4, -0.2) is 40.4 Å². The van der Waals surface area contributed by atoms with Gasteiger partial charge in [0, 0.05) is 18.9 Å². The van der Waals surface area contributed by atoms with Crippen LogP contribution in [0.3, 0.4) is 0 Å². The molecule has 1 saturated heterocycles. The Kier molecular flexibility index (Phi) is 3.75. The van der Waals surface area contributed by atoms with Gasteiger partial charge in [0.25, 0.3) is 0 Å². The standard InChI is InChI=1S/C15H20N2O3S/c1-17-13-7-3-2-6-11(13)12(16-17)10-14(18)15-8-4-5-9-21(15,19)20/h2-3,6-7,14-15,18H,4-5,8-10H2,1H3. The summed E-state index contributed by atoms with van der Waals surface area (Å²) in [6, 6.07) is 7.79. The molecule has 3 rings (SSSR count). The molecule has 2 unspecified atom stereocenters. The molecular weight excluding hydrogens is 288 g/mol. The summed E-state index contributed by atoms with van der Waals surface area (Å²) in [6.45, 7) is 0. The highest BCUT2D eigenvalue weighted by Gasteiger charge is 2.35. The first-order chi connectivity index (χ1) is 9.99. The third kappa shape index (κ3) is 2.70. The summed E-state index contributed by atoms with van der Waals surface area (Å²) < 4.78 is 26.0. The molecule has 5 nitrogen and oxygen atoms in total. The van der Waals surface area contributed by atoms with Crippen molar-refractivity contribution in [2.75, 3.05) is 5.75 Å². The van der Waals surface area contributed by atoms with E-state index in [2.05, 4.69) is 5.10 Å². The second kappa shape index (κ2) is 5.42. The van der Waals surface area contributed by atoms with Gasteiger partial charge in [0.1, 0.15) is 0 Å². The van der Waals surface area contributed by atoms with Crippen LogP contribution in [0.1, 0.15) is 25.0 Å². The minimum atomic E-state index is -3.17. The summed E-state index contributed by atoms with van der Waals surface area (Å²) in [5.74, 6) is 0.192. The quantitative estimate of drug-likeness (QED) is 0.931. The number of hydrogen-bond donors (Lipinski definition) is 1. The largest absolute Gasteiger partial charge is 0.391 e. The van der Waals surface area contributed by atoms with Gasteiger partial charge in [0.2, 0.25) is 0 Å². The predicted octanol–water partition coefficient (Wildman–Crippen LogP) is 1.44. The fourth-order valence-electron chi connectivity index (χ4n) is 3.18. The normalized spacial score (nSPS) is 23.2. The van der Waals surface area contributed by atoms with Crippen molar-refractivity contribution in [2.45, 2.75) is 37.0 Å². The minimum Gasteiger partial charge on any atom is -0.391 e. The Balaban J connectivity index is 1.88. The molecule has 21 heavy (non-hydrogen) atoms. The lowest BCUT2D eigenvalue weighted by Crippen LogP contribution is -2.39. The van der Waals surface area contributed by atoms with Gasteiger partial charge >= 0.3 is 0 Å². The van der Waals surface area contributed by atoms with Gasteiger partial charge in [-0.25, -0.2) is 8.42 Å². The van der Waals surface area contributed by atoms with Gasteiger partial charge in [0.15, 0.2) is 9.84 Å². The number of aliphatic hydroxyl groups is 1. The van der Waals surface area contributed by atoms with Crippen molar-refractivity contribution in [3.63, 3.8) is 0 Å². The summed E-state index contributed by atoms with van der Waals surface area (Å²) in [7, 11) is -1.32. The van der Waals surface area contributed by atoms with Gasteiger partial charge in [-0.05, 0) is 18.9 Å². The highest BCUT2D eigenvalue weighted by molar-refractivity contribution is 7.92. The van der Waals surface area contributed by atoms with E-state index in [1.165, 1.54) is 0 Å². The first kappa shape index (κ1) is 14.5. The molecule has 1 aliphatic heterocycles. The highest BCUT2D eigenvalue weighted by Crippen LogP contribution is 2.26. The zero-order valence-corrected chi connectivity index (χ0v) is 12.9. The summed E-state index contributed by atoms with van der Waals surface area (Å²) in [6.07, 6.45) is 1.52. The number of hydrogen-bond acceptors (Lipinski definition) is 4. The first-order valence-corrected chi connectivity index (χ1v) is 9.01. The van der Waals surface area contributed by atoms with Crippen molar-refractivity contribution in [3.8, 4) is 0 Å². The second-order valence-corrected chi connectivity index (χ2v) is 8.10. The van der Waals surface area contributed by atoms with Crippen molar-refractivity contribution in [1.29, 1.82) is 0 Å². The smallest absolute Gasteiger partial charge is 0.155 e. The number of aryl methyl sites for hydroxylation is 1. The lowest BCUT2D eigenvalue weighted by Gasteiger charge is -2.26. The summed E-state index contributed by atoms with van der Waals surface area (Å²) >= 11 is 0. The number of rotatable bonds is 3. The average molecular weight is 308 g/mol. The molecule has 0 spiro atoms. The lowest BCUT2D eigenvalue weighted by molar-refractivity contribution is 0.161. The predicted molar refractivity (Wildman–Crippen MR) is 81.9 cm³/mol. The minimum absolute atomic E-state index is 0.192. The van der Waals surface area contributed by atoms with Gasteiger partial charge in [-0.3, -0.25) is 4.68 Å². The monoisotopic (exact) mass is 308 g/mol. The Labute approximate surface area is 124 Å². The number of aliphatic hydroxyl groups excluding tert-OH is 1. The van der Waals surface area contributed by atoms with Crippen molar-refractivity contribution < 1.29 is 13.5 Å². The molecule has 2 heterocycles. The molecule has 0 amide bonds. The molecule has 1 aromatic heterocycles. The molecule has 1 N–H and O–H groups in total. The van der Waals surface area contributed by atoms with Crippen LogP contribution in [0.4, 0.5) is 0 Å². The van der Waals surface area contributed by atoms with Crippen molar-refractivity contribution in [3.05, 3.63) is 30.0 Å². The molecule has 2 aromatic rings. The van der Waals surface area contributed by atoms with Crippen molar-refractivity contribution >= 4 is 20.7 Å². The van der Waals surface area contributed by atoms with E-state index in [1.807, 2.05) is 31.3 Å². The highest BCUT2D eigenvalue weighted by atomic mass is 32.2. The second-order valence-electron chi connectivity index (χ2n) is 5.76. The lowest BCUT2D eigenvalue weighted by atomic mass is 10.0. The molecule has 0 saturated carbocycles. The zero-order valence-electron chi connectivity index (χ0n) is 12.1. The molecular formula is C15H20N2O3S. The van der Waals surface area contributed by atoms with Gasteiger partial charge in [-0.1, -0.05) is 24.6 Å². The van der Waals surface area contributed by atoms with Crippen LogP contribution in [0.5, 0.6) is 0 Å². The summed E-state index contributed by atoms with van der Waals surface area (Å²) in [5, 5.41) is 15.2. The van der Waals surface area contributed by atoms with E-state index in [9.17, 15) is 13.5 Å². The van der Waals surface area contributed by atoms with Gasteiger partial charge < -0.3 is 5.11 Å². The topological polar surface area (TPSA) is 72.2 Å². The van der Waals surface area contributed by atoms with Gasteiger partial charge in [-0.15, -0.1) is 0 Å². The Morgan fingerprint density at radius 2 is 2.14 bits per heavy atom. The van der Waals surface area contributed by atoms with Gasteiger partial charge in [-0.2, -0.15) is 5.10 Å². The molecule has 1 fully saturated rings. The van der Waals surface area contributed by atoms with Crippen LogP contribution in [0.25, 0.3) is 10.9 Å². The van der Waals surface area contributed by atoms with Crippen LogP contribution < -0.4 is 0 Å². The van der Waals surface area contributed by atoms with E-state index in [0.29, 0.717) is 12.8 Å². The molecule has 114 valence electrons. The Bertz CT molecular complexity index is 751.